The second kappa shape index (κ2) is 7.91. The molecule has 2 saturated carbocycles. The molecule has 0 radical (unpaired) electrons. The summed E-state index contributed by atoms with van der Waals surface area (Å²) in [5.74, 6) is 2.12. The second-order valence-electron chi connectivity index (χ2n) is 8.27. The molecule has 5 nitrogen and oxygen atoms in total. The highest BCUT2D eigenvalue weighted by atomic mass is 16.5. The molecule has 0 spiro atoms. The largest absolute Gasteiger partial charge is 0.450 e. The Labute approximate surface area is 161 Å². The van der Waals surface area contributed by atoms with E-state index in [4.69, 9.17) is 4.74 Å². The van der Waals surface area contributed by atoms with Gasteiger partial charge in [-0.2, -0.15) is 0 Å². The minimum Gasteiger partial charge on any atom is -0.450 e. The number of hydrogen-bond donors (Lipinski definition) is 1. The number of benzene rings is 1. The molecule has 1 heterocycles. The van der Waals surface area contributed by atoms with Crippen LogP contribution in [0.2, 0.25) is 0 Å². The first kappa shape index (κ1) is 18.3. The molecule has 1 aliphatic heterocycles. The van der Waals surface area contributed by atoms with Crippen LogP contribution in [0, 0.1) is 11.8 Å². The molecule has 3 fully saturated rings. The SMILES string of the molecule is CCOC(=O)Nc1ccc(C(=O)N2CCC3CCCCC3C2)c(C2CC2)c1. The van der Waals surface area contributed by atoms with E-state index in [2.05, 4.69) is 10.2 Å². The van der Waals surface area contributed by atoms with Gasteiger partial charge in [-0.25, -0.2) is 4.79 Å². The van der Waals surface area contributed by atoms with Gasteiger partial charge < -0.3 is 9.64 Å². The van der Waals surface area contributed by atoms with Gasteiger partial charge in [-0.3, -0.25) is 10.1 Å². The number of fused-ring (bicyclic) bond motifs is 1. The topological polar surface area (TPSA) is 58.6 Å². The lowest BCUT2D eigenvalue weighted by molar-refractivity contribution is 0.0520. The Balaban J connectivity index is 1.50. The average molecular weight is 370 g/mol. The summed E-state index contributed by atoms with van der Waals surface area (Å²) in [7, 11) is 0. The minimum absolute atomic E-state index is 0.170. The standard InChI is InChI=1S/C22H30N2O3/c1-2-27-22(26)23-18-9-10-19(20(13-18)16-7-8-16)21(25)24-12-11-15-5-3-4-6-17(15)14-24/h9-10,13,15-17H,2-8,11-12,14H2,1H3,(H,23,26). The maximum atomic E-state index is 13.3. The summed E-state index contributed by atoms with van der Waals surface area (Å²) in [4.78, 5) is 27.1. The Morgan fingerprint density at radius 2 is 1.89 bits per heavy atom. The number of rotatable bonds is 4. The Morgan fingerprint density at radius 1 is 1.11 bits per heavy atom. The highest BCUT2D eigenvalue weighted by Gasteiger charge is 2.35. The third kappa shape index (κ3) is 4.12. The number of nitrogens with zero attached hydrogens (tertiary/aromatic N) is 1. The molecule has 0 aromatic heterocycles. The lowest BCUT2D eigenvalue weighted by Gasteiger charge is -2.41. The average Bonchev–Trinajstić information content (AvgIpc) is 3.52. The first-order valence-electron chi connectivity index (χ1n) is 10.5. The van der Waals surface area contributed by atoms with Gasteiger partial charge in [0.05, 0.1) is 6.61 Å². The zero-order valence-electron chi connectivity index (χ0n) is 16.2. The molecule has 1 saturated heterocycles. The van der Waals surface area contributed by atoms with Gasteiger partial charge in [-0.1, -0.05) is 19.3 Å². The van der Waals surface area contributed by atoms with Crippen LogP contribution in [0.5, 0.6) is 0 Å². The first-order chi connectivity index (χ1) is 13.2. The van der Waals surface area contributed by atoms with Crippen molar-refractivity contribution in [3.05, 3.63) is 29.3 Å². The number of carbonyl (C=O) groups excluding carboxylic acids is 2. The molecular formula is C22H30N2O3. The first-order valence-corrected chi connectivity index (χ1v) is 10.5. The summed E-state index contributed by atoms with van der Waals surface area (Å²) in [5.41, 5.74) is 2.61. The van der Waals surface area contributed by atoms with Crippen LogP contribution < -0.4 is 5.32 Å². The number of ether oxygens (including phenoxy) is 1. The predicted molar refractivity (Wildman–Crippen MR) is 105 cm³/mol. The van der Waals surface area contributed by atoms with Crippen molar-refractivity contribution in [3.63, 3.8) is 0 Å². The Morgan fingerprint density at radius 3 is 2.63 bits per heavy atom. The number of anilines is 1. The van der Waals surface area contributed by atoms with E-state index in [0.717, 1.165) is 49.4 Å². The van der Waals surface area contributed by atoms with Crippen LogP contribution in [0.1, 0.15) is 73.7 Å². The molecule has 0 bridgehead atoms. The highest BCUT2D eigenvalue weighted by Crippen LogP contribution is 2.43. The summed E-state index contributed by atoms with van der Waals surface area (Å²) >= 11 is 0. The van der Waals surface area contributed by atoms with Gasteiger partial charge in [-0.05, 0) is 74.1 Å². The number of likely N-dealkylation sites (tertiary alicyclic amines) is 1. The molecule has 2 unspecified atom stereocenters. The van der Waals surface area contributed by atoms with Gasteiger partial charge in [0.15, 0.2) is 0 Å². The minimum atomic E-state index is -0.447. The van der Waals surface area contributed by atoms with Crippen LogP contribution in [-0.2, 0) is 4.74 Å². The quantitative estimate of drug-likeness (QED) is 0.829. The fourth-order valence-corrected chi connectivity index (χ4v) is 4.81. The third-order valence-corrected chi connectivity index (χ3v) is 6.40. The number of nitrogens with one attached hydrogen (secondary N) is 1. The van der Waals surface area contributed by atoms with Crippen LogP contribution in [0.3, 0.4) is 0 Å². The Hall–Kier alpha value is -2.04. The molecule has 5 heteroatoms. The summed E-state index contributed by atoms with van der Waals surface area (Å²) < 4.78 is 4.96. The second-order valence-corrected chi connectivity index (χ2v) is 8.27. The zero-order chi connectivity index (χ0) is 18.8. The van der Waals surface area contributed by atoms with Gasteiger partial charge in [-0.15, -0.1) is 0 Å². The van der Waals surface area contributed by atoms with Crippen molar-refractivity contribution in [3.8, 4) is 0 Å². The fourth-order valence-electron chi connectivity index (χ4n) is 4.81. The van der Waals surface area contributed by atoms with E-state index in [1.165, 1.54) is 25.7 Å². The summed E-state index contributed by atoms with van der Waals surface area (Å²) in [5, 5.41) is 2.76. The van der Waals surface area contributed by atoms with Crippen LogP contribution in [0.4, 0.5) is 10.5 Å². The molecule has 1 aromatic rings. The molecular weight excluding hydrogens is 340 g/mol. The third-order valence-electron chi connectivity index (χ3n) is 6.40. The maximum Gasteiger partial charge on any atom is 0.411 e. The monoisotopic (exact) mass is 370 g/mol. The molecule has 3 aliphatic rings. The van der Waals surface area contributed by atoms with Crippen LogP contribution in [0.15, 0.2) is 18.2 Å². The van der Waals surface area contributed by atoms with Crippen molar-refractivity contribution in [1.82, 2.24) is 4.90 Å². The van der Waals surface area contributed by atoms with Gasteiger partial charge >= 0.3 is 6.09 Å². The smallest absolute Gasteiger partial charge is 0.411 e. The fraction of sp³-hybridized carbons (Fsp3) is 0.636. The molecule has 2 aliphatic carbocycles. The van der Waals surface area contributed by atoms with Crippen molar-refractivity contribution in [2.45, 2.75) is 57.8 Å². The van der Waals surface area contributed by atoms with Gasteiger partial charge in [0.2, 0.25) is 0 Å². The van der Waals surface area contributed by atoms with Gasteiger partial charge in [0.1, 0.15) is 0 Å². The van der Waals surface area contributed by atoms with E-state index < -0.39 is 6.09 Å². The highest BCUT2D eigenvalue weighted by molar-refractivity contribution is 5.97. The predicted octanol–water partition coefficient (Wildman–Crippen LogP) is 4.78. The van der Waals surface area contributed by atoms with E-state index in [9.17, 15) is 9.59 Å². The molecule has 1 N–H and O–H groups in total. The summed E-state index contributed by atoms with van der Waals surface area (Å²) in [6.45, 7) is 3.92. The van der Waals surface area contributed by atoms with E-state index >= 15 is 0 Å². The van der Waals surface area contributed by atoms with Crippen LogP contribution in [0.25, 0.3) is 0 Å². The van der Waals surface area contributed by atoms with E-state index in [1.807, 2.05) is 18.2 Å². The summed E-state index contributed by atoms with van der Waals surface area (Å²) in [6, 6.07) is 5.68. The molecule has 2 atom stereocenters. The Kier molecular flexibility index (Phi) is 5.37. The van der Waals surface area contributed by atoms with Crippen molar-refractivity contribution in [1.29, 1.82) is 0 Å². The number of carbonyl (C=O) groups is 2. The summed E-state index contributed by atoms with van der Waals surface area (Å²) in [6.07, 6.45) is 8.22. The van der Waals surface area contributed by atoms with Crippen LogP contribution in [-0.4, -0.2) is 36.6 Å². The van der Waals surface area contributed by atoms with Gasteiger partial charge in [0, 0.05) is 24.3 Å². The van der Waals surface area contributed by atoms with Crippen LogP contribution >= 0.6 is 0 Å². The molecule has 4 rings (SSSR count). The van der Waals surface area contributed by atoms with Gasteiger partial charge in [0.25, 0.3) is 5.91 Å². The zero-order valence-corrected chi connectivity index (χ0v) is 16.2. The molecule has 27 heavy (non-hydrogen) atoms. The number of piperidine rings is 1. The maximum absolute atomic E-state index is 13.3. The molecule has 2 amide bonds. The Bertz CT molecular complexity index is 714. The van der Waals surface area contributed by atoms with Crippen molar-refractivity contribution >= 4 is 17.7 Å². The van der Waals surface area contributed by atoms with E-state index in [1.54, 1.807) is 6.92 Å². The number of amides is 2. The molecule has 146 valence electrons. The number of hydrogen-bond acceptors (Lipinski definition) is 3. The van der Waals surface area contributed by atoms with E-state index in [0.29, 0.717) is 24.1 Å². The van der Waals surface area contributed by atoms with Crippen molar-refractivity contribution in [2.75, 3.05) is 25.0 Å². The van der Waals surface area contributed by atoms with E-state index in [-0.39, 0.29) is 5.91 Å². The normalized spacial score (nSPS) is 24.9. The van der Waals surface area contributed by atoms with Crippen molar-refractivity contribution in [2.24, 2.45) is 11.8 Å². The lowest BCUT2D eigenvalue weighted by Crippen LogP contribution is -2.45. The molecule has 1 aromatic carbocycles. The van der Waals surface area contributed by atoms with Crippen molar-refractivity contribution < 1.29 is 14.3 Å². The lowest BCUT2D eigenvalue weighted by atomic mass is 9.75.